The summed E-state index contributed by atoms with van der Waals surface area (Å²) in [4.78, 5) is 4.56. The minimum absolute atomic E-state index is 0.207. The number of halogens is 1. The van der Waals surface area contributed by atoms with Crippen molar-refractivity contribution in [2.24, 2.45) is 5.73 Å². The van der Waals surface area contributed by atoms with Crippen LogP contribution < -0.4 is 10.6 Å². The Bertz CT molecular complexity index is 389. The average molecular weight is 251 g/mol. The quantitative estimate of drug-likeness (QED) is 0.866. The molecule has 0 aliphatic carbocycles. The van der Waals surface area contributed by atoms with Crippen molar-refractivity contribution in [3.63, 3.8) is 0 Å². The van der Waals surface area contributed by atoms with Gasteiger partial charge in [0.2, 0.25) is 0 Å². The number of nitrogens with two attached hydrogens (primary N) is 1. The zero-order valence-electron chi connectivity index (χ0n) is 11.0. The van der Waals surface area contributed by atoms with Crippen LogP contribution in [0.3, 0.4) is 0 Å². The Hall–Kier alpha value is -1.13. The number of likely N-dealkylation sites (N-methyl/N-ethyl adjacent to an activating group) is 1. The zero-order chi connectivity index (χ0) is 13.0. The summed E-state index contributed by atoms with van der Waals surface area (Å²) in [6.45, 7) is 4.75. The third-order valence-electron chi connectivity index (χ3n) is 3.57. The van der Waals surface area contributed by atoms with Crippen LogP contribution in [-0.4, -0.2) is 38.1 Å². The fraction of sp³-hybridized carbons (Fsp3) is 0.571. The summed E-state index contributed by atoms with van der Waals surface area (Å²) in [5.41, 5.74) is 7.32. The lowest BCUT2D eigenvalue weighted by Crippen LogP contribution is -2.31. The van der Waals surface area contributed by atoms with Crippen molar-refractivity contribution in [3.8, 4) is 0 Å². The van der Waals surface area contributed by atoms with E-state index in [-0.39, 0.29) is 5.82 Å². The van der Waals surface area contributed by atoms with E-state index in [9.17, 15) is 4.39 Å². The molecule has 100 valence electrons. The van der Waals surface area contributed by atoms with Gasteiger partial charge in [-0.05, 0) is 49.7 Å². The predicted octanol–water partition coefficient (Wildman–Crippen LogP) is 1.82. The molecule has 2 rings (SSSR count). The molecule has 1 aromatic rings. The highest BCUT2D eigenvalue weighted by atomic mass is 19.1. The van der Waals surface area contributed by atoms with E-state index in [1.165, 1.54) is 32.0 Å². The summed E-state index contributed by atoms with van der Waals surface area (Å²) >= 11 is 0. The SMILES string of the molecule is CN(CCN1CCCC1)c1cc(F)cc(CN)c1. The van der Waals surface area contributed by atoms with Gasteiger partial charge in [-0.2, -0.15) is 0 Å². The average Bonchev–Trinajstić information content (AvgIpc) is 2.88. The predicted molar refractivity (Wildman–Crippen MR) is 73.2 cm³/mol. The summed E-state index contributed by atoms with van der Waals surface area (Å²) < 4.78 is 13.4. The Morgan fingerprint density at radius 1 is 1.28 bits per heavy atom. The third-order valence-corrected chi connectivity index (χ3v) is 3.57. The molecule has 1 heterocycles. The van der Waals surface area contributed by atoms with E-state index < -0.39 is 0 Å². The molecule has 3 nitrogen and oxygen atoms in total. The van der Waals surface area contributed by atoms with Gasteiger partial charge in [-0.15, -0.1) is 0 Å². The highest BCUT2D eigenvalue weighted by molar-refractivity contribution is 5.48. The molecule has 1 aromatic carbocycles. The molecule has 1 aliphatic rings. The van der Waals surface area contributed by atoms with Crippen LogP contribution in [0.5, 0.6) is 0 Å². The highest BCUT2D eigenvalue weighted by Gasteiger charge is 2.12. The first-order valence-corrected chi connectivity index (χ1v) is 6.62. The number of rotatable bonds is 5. The van der Waals surface area contributed by atoms with E-state index >= 15 is 0 Å². The molecule has 0 unspecified atom stereocenters. The van der Waals surface area contributed by atoms with Crippen molar-refractivity contribution in [2.45, 2.75) is 19.4 Å². The first kappa shape index (κ1) is 13.3. The maximum absolute atomic E-state index is 13.4. The van der Waals surface area contributed by atoms with Gasteiger partial charge >= 0.3 is 0 Å². The lowest BCUT2D eigenvalue weighted by molar-refractivity contribution is 0.346. The largest absolute Gasteiger partial charge is 0.373 e. The standard InChI is InChI=1S/C14H22FN3/c1-17(6-7-18-4-2-3-5-18)14-9-12(11-16)8-13(15)10-14/h8-10H,2-7,11,16H2,1H3. The Kier molecular flexibility index (Phi) is 4.55. The van der Waals surface area contributed by atoms with Gasteiger partial charge < -0.3 is 15.5 Å². The van der Waals surface area contributed by atoms with Gasteiger partial charge in [0.05, 0.1) is 0 Å². The van der Waals surface area contributed by atoms with E-state index in [0.29, 0.717) is 6.54 Å². The second-order valence-electron chi connectivity index (χ2n) is 4.99. The fourth-order valence-electron chi connectivity index (χ4n) is 2.40. The molecule has 0 amide bonds. The maximum Gasteiger partial charge on any atom is 0.125 e. The summed E-state index contributed by atoms with van der Waals surface area (Å²) in [6, 6.07) is 5.04. The molecule has 1 saturated heterocycles. The van der Waals surface area contributed by atoms with Crippen LogP contribution in [0.2, 0.25) is 0 Å². The topological polar surface area (TPSA) is 32.5 Å². The van der Waals surface area contributed by atoms with E-state index in [1.807, 2.05) is 13.1 Å². The molecule has 0 bridgehead atoms. The van der Waals surface area contributed by atoms with Crippen LogP contribution in [-0.2, 0) is 6.54 Å². The second-order valence-corrected chi connectivity index (χ2v) is 4.99. The van der Waals surface area contributed by atoms with Crippen molar-refractivity contribution in [1.29, 1.82) is 0 Å². The monoisotopic (exact) mass is 251 g/mol. The molecule has 18 heavy (non-hydrogen) atoms. The maximum atomic E-state index is 13.4. The highest BCUT2D eigenvalue weighted by Crippen LogP contribution is 2.17. The van der Waals surface area contributed by atoms with Crippen molar-refractivity contribution >= 4 is 5.69 Å². The number of benzene rings is 1. The summed E-state index contributed by atoms with van der Waals surface area (Å²) in [6.07, 6.45) is 2.61. The van der Waals surface area contributed by atoms with E-state index in [2.05, 4.69) is 9.80 Å². The molecular weight excluding hydrogens is 229 g/mol. The fourth-order valence-corrected chi connectivity index (χ4v) is 2.40. The van der Waals surface area contributed by atoms with E-state index in [1.54, 1.807) is 6.07 Å². The van der Waals surface area contributed by atoms with Gasteiger partial charge in [-0.3, -0.25) is 0 Å². The summed E-state index contributed by atoms with van der Waals surface area (Å²) in [5, 5.41) is 0. The van der Waals surface area contributed by atoms with Crippen LogP contribution in [0.15, 0.2) is 18.2 Å². The molecule has 0 aromatic heterocycles. The normalized spacial score (nSPS) is 16.2. The summed E-state index contributed by atoms with van der Waals surface area (Å²) in [7, 11) is 2.01. The van der Waals surface area contributed by atoms with Crippen LogP contribution >= 0.6 is 0 Å². The minimum atomic E-state index is -0.207. The lowest BCUT2D eigenvalue weighted by Gasteiger charge is -2.23. The Morgan fingerprint density at radius 3 is 2.67 bits per heavy atom. The number of nitrogens with zero attached hydrogens (tertiary/aromatic N) is 2. The van der Waals surface area contributed by atoms with E-state index in [4.69, 9.17) is 5.73 Å². The molecule has 0 radical (unpaired) electrons. The molecular formula is C14H22FN3. The molecule has 4 heteroatoms. The van der Waals surface area contributed by atoms with Gasteiger partial charge in [-0.1, -0.05) is 0 Å². The number of hydrogen-bond acceptors (Lipinski definition) is 3. The molecule has 0 saturated carbocycles. The molecule has 0 spiro atoms. The van der Waals surface area contributed by atoms with Crippen molar-refractivity contribution < 1.29 is 4.39 Å². The molecule has 0 atom stereocenters. The number of hydrogen-bond donors (Lipinski definition) is 1. The smallest absolute Gasteiger partial charge is 0.125 e. The van der Waals surface area contributed by atoms with Crippen LogP contribution in [0.25, 0.3) is 0 Å². The zero-order valence-corrected chi connectivity index (χ0v) is 11.0. The number of likely N-dealkylation sites (tertiary alicyclic amines) is 1. The molecule has 1 fully saturated rings. The van der Waals surface area contributed by atoms with Gasteiger partial charge in [0.1, 0.15) is 5.82 Å². The van der Waals surface area contributed by atoms with Crippen molar-refractivity contribution in [2.75, 3.05) is 38.1 Å². The first-order valence-electron chi connectivity index (χ1n) is 6.62. The van der Waals surface area contributed by atoms with Crippen LogP contribution in [0, 0.1) is 5.82 Å². The number of anilines is 1. The third kappa shape index (κ3) is 3.43. The van der Waals surface area contributed by atoms with Crippen LogP contribution in [0.4, 0.5) is 10.1 Å². The molecule has 1 aliphatic heterocycles. The van der Waals surface area contributed by atoms with Crippen molar-refractivity contribution in [3.05, 3.63) is 29.6 Å². The summed E-state index contributed by atoms with van der Waals surface area (Å²) in [5.74, 6) is -0.207. The first-order chi connectivity index (χ1) is 8.69. The Labute approximate surface area is 108 Å². The van der Waals surface area contributed by atoms with Crippen LogP contribution in [0.1, 0.15) is 18.4 Å². The van der Waals surface area contributed by atoms with Crippen molar-refractivity contribution in [1.82, 2.24) is 4.90 Å². The Morgan fingerprint density at radius 2 is 2.00 bits per heavy atom. The lowest BCUT2D eigenvalue weighted by atomic mass is 10.2. The molecule has 2 N–H and O–H groups in total. The van der Waals surface area contributed by atoms with Gasteiger partial charge in [0, 0.05) is 32.4 Å². The Balaban J connectivity index is 1.94. The minimum Gasteiger partial charge on any atom is -0.373 e. The van der Waals surface area contributed by atoms with Gasteiger partial charge in [0.15, 0.2) is 0 Å². The van der Waals surface area contributed by atoms with Gasteiger partial charge in [-0.25, -0.2) is 4.39 Å². The van der Waals surface area contributed by atoms with E-state index in [0.717, 1.165) is 24.3 Å². The second kappa shape index (κ2) is 6.16. The van der Waals surface area contributed by atoms with Gasteiger partial charge in [0.25, 0.3) is 0 Å².